The van der Waals surface area contributed by atoms with E-state index in [1.54, 1.807) is 26.0 Å². The van der Waals surface area contributed by atoms with Crippen LogP contribution < -0.4 is 15.5 Å². The third kappa shape index (κ3) is 4.91. The number of amides is 3. The molecule has 1 unspecified atom stereocenters. The fourth-order valence-electron chi connectivity index (χ4n) is 3.39. The Bertz CT molecular complexity index is 1040. The standard InChI is InChI=1S/C17H23N4O11P/c1-7-3-9-10(4-8(7)2)21(5-11(22)13(24)12(23)6-31-33(28,29)30)14-17(20-9,32-27)15(25)19-16(26)18-14/h3-4,11-13,20,22-24,27H,5-6H2,1-2H3,(H,19,25,26)(H2,28,29,30)/t11-,12+,13-,17?/m0/s1. The lowest BCUT2D eigenvalue weighted by Crippen LogP contribution is -2.70. The molecule has 1 aromatic rings. The molecule has 0 aliphatic carbocycles. The van der Waals surface area contributed by atoms with Crippen molar-refractivity contribution in [2.75, 3.05) is 23.4 Å². The number of carbonyl (C=O) groups is 2. The summed E-state index contributed by atoms with van der Waals surface area (Å²) in [6, 6.07) is 2.17. The smallest absolute Gasteiger partial charge is 0.388 e. The number of phosphoric acid groups is 1. The molecule has 0 fully saturated rings. The number of nitrogens with one attached hydrogen (secondary N) is 2. The topological polar surface area (TPSA) is 231 Å². The van der Waals surface area contributed by atoms with Gasteiger partial charge in [-0.2, -0.15) is 9.88 Å². The lowest BCUT2D eigenvalue weighted by molar-refractivity contribution is -0.284. The van der Waals surface area contributed by atoms with E-state index in [9.17, 15) is 34.7 Å². The summed E-state index contributed by atoms with van der Waals surface area (Å²) >= 11 is 0. The van der Waals surface area contributed by atoms with Gasteiger partial charge >= 0.3 is 19.6 Å². The molecule has 16 heteroatoms. The van der Waals surface area contributed by atoms with Gasteiger partial charge in [-0.25, -0.2) is 14.6 Å². The van der Waals surface area contributed by atoms with E-state index >= 15 is 0 Å². The van der Waals surface area contributed by atoms with E-state index in [4.69, 9.17) is 9.79 Å². The summed E-state index contributed by atoms with van der Waals surface area (Å²) in [6.07, 6.45) is -5.70. The fraction of sp³-hybridized carbons (Fsp3) is 0.471. The molecule has 0 radical (unpaired) electrons. The molecule has 0 spiro atoms. The molecule has 0 saturated heterocycles. The van der Waals surface area contributed by atoms with E-state index in [1.165, 1.54) is 0 Å². The lowest BCUT2D eigenvalue weighted by atomic mass is 9.98. The highest BCUT2D eigenvalue weighted by Crippen LogP contribution is 2.40. The molecule has 0 bridgehead atoms. The van der Waals surface area contributed by atoms with Gasteiger partial charge in [0, 0.05) is 0 Å². The number of hydrogen-bond donors (Lipinski definition) is 8. The van der Waals surface area contributed by atoms with Crippen molar-refractivity contribution in [2.45, 2.75) is 37.9 Å². The molecule has 33 heavy (non-hydrogen) atoms. The van der Waals surface area contributed by atoms with Crippen molar-refractivity contribution in [1.82, 2.24) is 5.32 Å². The minimum absolute atomic E-state index is 0.252. The highest BCUT2D eigenvalue weighted by Gasteiger charge is 2.56. The molecular weight excluding hydrogens is 467 g/mol. The Labute approximate surface area is 186 Å². The van der Waals surface area contributed by atoms with Gasteiger partial charge in [0.15, 0.2) is 5.84 Å². The second-order valence-electron chi connectivity index (χ2n) is 7.57. The van der Waals surface area contributed by atoms with Gasteiger partial charge in [-0.1, -0.05) is 0 Å². The molecule has 3 amide bonds. The van der Waals surface area contributed by atoms with E-state index < -0.39 is 62.8 Å². The second kappa shape index (κ2) is 9.06. The second-order valence-corrected chi connectivity index (χ2v) is 8.81. The van der Waals surface area contributed by atoms with Gasteiger partial charge in [0.05, 0.1) is 24.5 Å². The number of aliphatic hydroxyl groups excluding tert-OH is 3. The van der Waals surface area contributed by atoms with Crippen LogP contribution >= 0.6 is 7.82 Å². The van der Waals surface area contributed by atoms with Crippen LogP contribution in [0.4, 0.5) is 16.2 Å². The lowest BCUT2D eigenvalue weighted by Gasteiger charge is -2.45. The molecular formula is C17H23N4O11P. The number of amidine groups is 1. The van der Waals surface area contributed by atoms with E-state index in [2.05, 4.69) is 19.7 Å². The molecule has 1 aromatic carbocycles. The van der Waals surface area contributed by atoms with Crippen LogP contribution in [0.5, 0.6) is 0 Å². The zero-order valence-electron chi connectivity index (χ0n) is 17.4. The largest absolute Gasteiger partial charge is 0.469 e. The zero-order valence-corrected chi connectivity index (χ0v) is 18.3. The number of aryl methyl sites for hydroxylation is 2. The number of nitrogens with zero attached hydrogens (tertiary/aromatic N) is 2. The predicted octanol–water partition coefficient (Wildman–Crippen LogP) is -1.44. The number of urea groups is 1. The first-order valence-corrected chi connectivity index (χ1v) is 11.0. The monoisotopic (exact) mass is 490 g/mol. The van der Waals surface area contributed by atoms with E-state index in [0.717, 1.165) is 16.0 Å². The van der Waals surface area contributed by atoms with Crippen molar-refractivity contribution in [3.63, 3.8) is 0 Å². The van der Waals surface area contributed by atoms with Crippen LogP contribution in [0.15, 0.2) is 17.1 Å². The maximum absolute atomic E-state index is 12.6. The summed E-state index contributed by atoms with van der Waals surface area (Å²) in [5.41, 5.74) is -0.264. The van der Waals surface area contributed by atoms with Crippen molar-refractivity contribution in [3.05, 3.63) is 23.3 Å². The number of phosphoric ester groups is 1. The number of fused-ring (bicyclic) bond motifs is 2. The highest BCUT2D eigenvalue weighted by atomic mass is 31.2. The average Bonchev–Trinajstić information content (AvgIpc) is 2.72. The number of rotatable bonds is 8. The van der Waals surface area contributed by atoms with Gasteiger partial charge in [0.2, 0.25) is 0 Å². The minimum Gasteiger partial charge on any atom is -0.388 e. The Hall–Kier alpha value is -2.46. The highest BCUT2D eigenvalue weighted by molar-refractivity contribution is 7.46. The summed E-state index contributed by atoms with van der Waals surface area (Å²) in [6.45, 7) is 1.96. The Morgan fingerprint density at radius 3 is 2.39 bits per heavy atom. The minimum atomic E-state index is -4.94. The molecule has 2 aliphatic rings. The van der Waals surface area contributed by atoms with E-state index in [-0.39, 0.29) is 5.69 Å². The quantitative estimate of drug-likeness (QED) is 0.119. The number of aliphatic imine (C=N–C) groups is 1. The summed E-state index contributed by atoms with van der Waals surface area (Å²) in [5.74, 6) is -1.55. The van der Waals surface area contributed by atoms with Crippen LogP contribution in [0, 0.1) is 13.8 Å². The molecule has 2 aliphatic heterocycles. The maximum Gasteiger partial charge on any atom is 0.469 e. The number of imide groups is 1. The van der Waals surface area contributed by atoms with E-state index in [0.29, 0.717) is 5.69 Å². The normalized spacial score (nSPS) is 23.0. The summed E-state index contributed by atoms with van der Waals surface area (Å²) in [4.78, 5) is 51.2. The maximum atomic E-state index is 12.6. The zero-order chi connectivity index (χ0) is 24.7. The van der Waals surface area contributed by atoms with Gasteiger partial charge < -0.3 is 35.3 Å². The Kier molecular flexibility index (Phi) is 6.91. The number of anilines is 2. The molecule has 0 aromatic heterocycles. The van der Waals surface area contributed by atoms with Gasteiger partial charge in [0.1, 0.15) is 18.3 Å². The number of β-amino-alcohol motifs (C(OH)–C–C–N with tert-alkyl or cyclic N) is 1. The molecule has 8 N–H and O–H groups in total. The van der Waals surface area contributed by atoms with Crippen LogP contribution in [-0.2, 0) is 18.8 Å². The van der Waals surface area contributed by atoms with Gasteiger partial charge in [-0.15, -0.1) is 0 Å². The van der Waals surface area contributed by atoms with Crippen molar-refractivity contribution in [3.8, 4) is 0 Å². The SMILES string of the molecule is Cc1cc2c(cc1C)N(C[C@H](O)[C@H](O)[C@H](O)COP(=O)(O)O)C1=NC(=O)NC(=O)C1(OO)N2. The van der Waals surface area contributed by atoms with Crippen molar-refractivity contribution >= 4 is 37.0 Å². The van der Waals surface area contributed by atoms with Crippen LogP contribution in [0.1, 0.15) is 11.1 Å². The third-order valence-electron chi connectivity index (χ3n) is 5.24. The average molecular weight is 490 g/mol. The first kappa shape index (κ1) is 25.2. The number of benzene rings is 1. The van der Waals surface area contributed by atoms with Gasteiger partial charge in [-0.3, -0.25) is 14.6 Å². The molecule has 3 rings (SSSR count). The third-order valence-corrected chi connectivity index (χ3v) is 5.73. The Balaban J connectivity index is 1.99. The molecule has 2 heterocycles. The Morgan fingerprint density at radius 2 is 1.79 bits per heavy atom. The fourth-order valence-corrected chi connectivity index (χ4v) is 3.74. The van der Waals surface area contributed by atoms with Crippen molar-refractivity contribution in [1.29, 1.82) is 0 Å². The predicted molar refractivity (Wildman–Crippen MR) is 110 cm³/mol. The summed E-state index contributed by atoms with van der Waals surface area (Å²) in [7, 11) is -4.94. The summed E-state index contributed by atoms with van der Waals surface area (Å²) in [5, 5.41) is 44.9. The number of hydrogen-bond acceptors (Lipinski definition) is 11. The first-order valence-electron chi connectivity index (χ1n) is 9.47. The molecule has 0 saturated carbocycles. The number of aliphatic hydroxyl groups is 3. The van der Waals surface area contributed by atoms with E-state index in [1.807, 2.05) is 5.32 Å². The summed E-state index contributed by atoms with van der Waals surface area (Å²) < 4.78 is 14.9. The molecule has 15 nitrogen and oxygen atoms in total. The van der Waals surface area contributed by atoms with Crippen LogP contribution in [0.25, 0.3) is 0 Å². The molecule has 182 valence electrons. The molecule has 4 atom stereocenters. The van der Waals surface area contributed by atoms with Crippen molar-refractivity contribution in [2.24, 2.45) is 4.99 Å². The van der Waals surface area contributed by atoms with Crippen LogP contribution in [-0.4, -0.2) is 85.3 Å². The van der Waals surface area contributed by atoms with Gasteiger partial charge in [-0.05, 0) is 37.1 Å². The van der Waals surface area contributed by atoms with Crippen LogP contribution in [0.2, 0.25) is 0 Å². The first-order chi connectivity index (χ1) is 15.3. The van der Waals surface area contributed by atoms with Crippen LogP contribution in [0.3, 0.4) is 0 Å². The van der Waals surface area contributed by atoms with Crippen molar-refractivity contribution < 1.29 is 53.9 Å². The Morgan fingerprint density at radius 1 is 1.15 bits per heavy atom. The van der Waals surface area contributed by atoms with Gasteiger partial charge in [0.25, 0.3) is 5.91 Å². The number of carbonyl (C=O) groups excluding carboxylic acids is 2.